The second-order valence-corrected chi connectivity index (χ2v) is 4.40. The van der Waals surface area contributed by atoms with Crippen LogP contribution in [0, 0.1) is 12.7 Å². The highest BCUT2D eigenvalue weighted by atomic mass is 79.9. The Morgan fingerprint density at radius 1 is 1.35 bits per heavy atom. The van der Waals surface area contributed by atoms with Gasteiger partial charge in [0.15, 0.2) is 0 Å². The Balaban J connectivity index is 2.38. The number of rotatable bonds is 2. The zero-order chi connectivity index (χ0) is 12.4. The van der Waals surface area contributed by atoms with E-state index >= 15 is 0 Å². The van der Waals surface area contributed by atoms with Crippen LogP contribution in [0.2, 0.25) is 0 Å². The summed E-state index contributed by atoms with van der Waals surface area (Å²) in [5.74, 6) is 0.511. The second kappa shape index (κ2) is 4.67. The Labute approximate surface area is 106 Å². The van der Waals surface area contributed by atoms with E-state index in [1.54, 1.807) is 19.1 Å². The Kier molecular flexibility index (Phi) is 3.23. The van der Waals surface area contributed by atoms with Crippen molar-refractivity contribution in [1.29, 1.82) is 0 Å². The molecule has 2 aromatic rings. The number of anilines is 3. The Morgan fingerprint density at radius 3 is 2.88 bits per heavy atom. The molecule has 0 aliphatic carbocycles. The molecule has 0 radical (unpaired) electrons. The fourth-order valence-corrected chi connectivity index (χ4v) is 1.67. The van der Waals surface area contributed by atoms with Gasteiger partial charge in [-0.15, -0.1) is 0 Å². The number of aromatic nitrogens is 2. The molecule has 0 aliphatic heterocycles. The fourth-order valence-electron chi connectivity index (χ4n) is 1.31. The SMILES string of the molecule is Cc1c(N)ncnc1Nc1cc(Br)ccc1F. The molecule has 6 heteroatoms. The predicted octanol–water partition coefficient (Wildman–Crippen LogP) is 3.01. The minimum Gasteiger partial charge on any atom is -0.383 e. The van der Waals surface area contributed by atoms with E-state index in [9.17, 15) is 4.39 Å². The van der Waals surface area contributed by atoms with E-state index in [1.807, 2.05) is 0 Å². The number of hydrogen-bond donors (Lipinski definition) is 2. The summed E-state index contributed by atoms with van der Waals surface area (Å²) in [4.78, 5) is 7.87. The van der Waals surface area contributed by atoms with E-state index in [0.717, 1.165) is 4.47 Å². The standard InChI is InChI=1S/C11H10BrFN4/c1-6-10(14)15-5-16-11(6)17-9-4-7(12)2-3-8(9)13/h2-5H,1H3,(H3,14,15,16,17). The molecule has 4 nitrogen and oxygen atoms in total. The van der Waals surface area contributed by atoms with Gasteiger partial charge in [-0.05, 0) is 25.1 Å². The van der Waals surface area contributed by atoms with Crippen LogP contribution in [0.25, 0.3) is 0 Å². The van der Waals surface area contributed by atoms with Crippen molar-refractivity contribution in [2.45, 2.75) is 6.92 Å². The highest BCUT2D eigenvalue weighted by Crippen LogP contribution is 2.25. The van der Waals surface area contributed by atoms with Crippen molar-refractivity contribution in [3.8, 4) is 0 Å². The Bertz CT molecular complexity index is 559. The molecule has 2 rings (SSSR count). The number of nitrogens with zero attached hydrogens (tertiary/aromatic N) is 2. The Morgan fingerprint density at radius 2 is 2.12 bits per heavy atom. The van der Waals surface area contributed by atoms with Gasteiger partial charge < -0.3 is 11.1 Å². The number of hydrogen-bond acceptors (Lipinski definition) is 4. The van der Waals surface area contributed by atoms with Crippen molar-refractivity contribution in [1.82, 2.24) is 9.97 Å². The number of benzene rings is 1. The van der Waals surface area contributed by atoms with E-state index < -0.39 is 0 Å². The van der Waals surface area contributed by atoms with Crippen molar-refractivity contribution in [2.75, 3.05) is 11.1 Å². The van der Waals surface area contributed by atoms with Gasteiger partial charge in [0.2, 0.25) is 0 Å². The molecule has 88 valence electrons. The van der Waals surface area contributed by atoms with Gasteiger partial charge in [0.05, 0.1) is 5.69 Å². The summed E-state index contributed by atoms with van der Waals surface area (Å²) >= 11 is 3.28. The topological polar surface area (TPSA) is 63.8 Å². The van der Waals surface area contributed by atoms with Crippen LogP contribution in [-0.4, -0.2) is 9.97 Å². The molecule has 1 aromatic carbocycles. The number of halogens is 2. The van der Waals surface area contributed by atoms with Crippen LogP contribution in [0.5, 0.6) is 0 Å². The second-order valence-electron chi connectivity index (χ2n) is 3.48. The smallest absolute Gasteiger partial charge is 0.146 e. The maximum Gasteiger partial charge on any atom is 0.146 e. The lowest BCUT2D eigenvalue weighted by atomic mass is 10.2. The number of nitrogen functional groups attached to an aromatic ring is 1. The molecule has 0 amide bonds. The summed E-state index contributed by atoms with van der Waals surface area (Å²) < 4.78 is 14.3. The maximum atomic E-state index is 13.5. The predicted molar refractivity (Wildman–Crippen MR) is 68.6 cm³/mol. The van der Waals surface area contributed by atoms with Gasteiger partial charge >= 0.3 is 0 Å². The first-order valence-electron chi connectivity index (χ1n) is 4.87. The molecule has 3 N–H and O–H groups in total. The quantitative estimate of drug-likeness (QED) is 0.894. The van der Waals surface area contributed by atoms with Gasteiger partial charge in [0.1, 0.15) is 23.8 Å². The lowest BCUT2D eigenvalue weighted by molar-refractivity contribution is 0.631. The van der Waals surface area contributed by atoms with Crippen molar-refractivity contribution >= 4 is 33.3 Å². The van der Waals surface area contributed by atoms with Gasteiger partial charge in [0, 0.05) is 10.0 Å². The van der Waals surface area contributed by atoms with E-state index in [1.165, 1.54) is 12.4 Å². The first kappa shape index (κ1) is 11.8. The van der Waals surface area contributed by atoms with Crippen LogP contribution >= 0.6 is 15.9 Å². The van der Waals surface area contributed by atoms with Gasteiger partial charge in [-0.3, -0.25) is 0 Å². The molecule has 0 atom stereocenters. The minimum atomic E-state index is -0.357. The third-order valence-corrected chi connectivity index (χ3v) is 2.80. The highest BCUT2D eigenvalue weighted by Gasteiger charge is 2.08. The number of nitrogens with one attached hydrogen (secondary N) is 1. The molecule has 0 bridgehead atoms. The first-order valence-corrected chi connectivity index (χ1v) is 5.66. The van der Waals surface area contributed by atoms with Crippen LogP contribution in [0.3, 0.4) is 0 Å². The lowest BCUT2D eigenvalue weighted by Gasteiger charge is -2.10. The van der Waals surface area contributed by atoms with Crippen LogP contribution in [0.1, 0.15) is 5.56 Å². The Hall–Kier alpha value is -1.69. The molecule has 1 heterocycles. The third kappa shape index (κ3) is 2.52. The zero-order valence-electron chi connectivity index (χ0n) is 9.04. The van der Waals surface area contributed by atoms with E-state index in [-0.39, 0.29) is 5.82 Å². The average Bonchev–Trinajstić information content (AvgIpc) is 2.30. The zero-order valence-corrected chi connectivity index (χ0v) is 10.6. The van der Waals surface area contributed by atoms with E-state index in [0.29, 0.717) is 22.9 Å². The largest absolute Gasteiger partial charge is 0.383 e. The van der Waals surface area contributed by atoms with Crippen LogP contribution < -0.4 is 11.1 Å². The van der Waals surface area contributed by atoms with Gasteiger partial charge in [-0.2, -0.15) is 0 Å². The average molecular weight is 297 g/mol. The molecule has 0 saturated heterocycles. The summed E-state index contributed by atoms with van der Waals surface area (Å²) in [6, 6.07) is 4.63. The number of nitrogens with two attached hydrogens (primary N) is 1. The normalized spacial score (nSPS) is 10.3. The van der Waals surface area contributed by atoms with Crippen LogP contribution in [-0.2, 0) is 0 Å². The van der Waals surface area contributed by atoms with Gasteiger partial charge in [-0.1, -0.05) is 15.9 Å². The first-order chi connectivity index (χ1) is 8.08. The molecule has 0 unspecified atom stereocenters. The molecule has 0 spiro atoms. The lowest BCUT2D eigenvalue weighted by Crippen LogP contribution is -2.03. The summed E-state index contributed by atoms with van der Waals surface area (Å²) in [6.07, 6.45) is 1.33. The van der Waals surface area contributed by atoms with Crippen molar-refractivity contribution in [3.05, 3.63) is 40.4 Å². The molecule has 1 aromatic heterocycles. The summed E-state index contributed by atoms with van der Waals surface area (Å²) in [6.45, 7) is 1.77. The van der Waals surface area contributed by atoms with Crippen LogP contribution in [0.15, 0.2) is 29.0 Å². The molecule has 0 saturated carbocycles. The van der Waals surface area contributed by atoms with E-state index in [4.69, 9.17) is 5.73 Å². The highest BCUT2D eigenvalue weighted by molar-refractivity contribution is 9.10. The van der Waals surface area contributed by atoms with Crippen molar-refractivity contribution < 1.29 is 4.39 Å². The van der Waals surface area contributed by atoms with Crippen molar-refractivity contribution in [3.63, 3.8) is 0 Å². The molecular formula is C11H10BrFN4. The molecular weight excluding hydrogens is 287 g/mol. The van der Waals surface area contributed by atoms with Gasteiger partial charge in [-0.25, -0.2) is 14.4 Å². The summed E-state index contributed by atoms with van der Waals surface area (Å²) in [7, 11) is 0. The summed E-state index contributed by atoms with van der Waals surface area (Å²) in [5, 5.41) is 2.89. The third-order valence-electron chi connectivity index (χ3n) is 2.30. The van der Waals surface area contributed by atoms with Crippen LogP contribution in [0.4, 0.5) is 21.7 Å². The van der Waals surface area contributed by atoms with Crippen molar-refractivity contribution in [2.24, 2.45) is 0 Å². The minimum absolute atomic E-state index is 0.334. The molecule has 0 aliphatic rings. The summed E-state index contributed by atoms with van der Waals surface area (Å²) in [5.41, 5.74) is 6.67. The fraction of sp³-hybridized carbons (Fsp3) is 0.0909. The molecule has 17 heavy (non-hydrogen) atoms. The molecule has 0 fully saturated rings. The van der Waals surface area contributed by atoms with Gasteiger partial charge in [0.25, 0.3) is 0 Å². The van der Waals surface area contributed by atoms with E-state index in [2.05, 4.69) is 31.2 Å². The monoisotopic (exact) mass is 296 g/mol. The maximum absolute atomic E-state index is 13.5.